The average molecular weight is 255 g/mol. The number of nitrogens with zero attached hydrogens (tertiary/aromatic N) is 1. The first-order chi connectivity index (χ1) is 8.01. The van der Waals surface area contributed by atoms with Gasteiger partial charge in [0.2, 0.25) is 0 Å². The normalized spacial score (nSPS) is 13.1. The van der Waals surface area contributed by atoms with E-state index in [4.69, 9.17) is 11.6 Å². The third-order valence-corrected chi connectivity index (χ3v) is 3.10. The molecule has 0 radical (unpaired) electrons. The van der Waals surface area contributed by atoms with Crippen LogP contribution in [0.1, 0.15) is 25.0 Å². The Balaban J connectivity index is 2.44. The van der Waals surface area contributed by atoms with E-state index in [1.807, 2.05) is 12.1 Å². The van der Waals surface area contributed by atoms with E-state index < -0.39 is 0 Å². The van der Waals surface area contributed by atoms with Crippen molar-refractivity contribution in [3.8, 4) is 0 Å². The minimum atomic E-state index is 0.485. The van der Waals surface area contributed by atoms with Gasteiger partial charge in [0.15, 0.2) is 0 Å². The zero-order valence-electron chi connectivity index (χ0n) is 11.3. The summed E-state index contributed by atoms with van der Waals surface area (Å²) in [5, 5.41) is 4.34. The molecule has 0 fully saturated rings. The molecule has 1 unspecified atom stereocenters. The van der Waals surface area contributed by atoms with Crippen molar-refractivity contribution >= 4 is 11.6 Å². The monoisotopic (exact) mass is 254 g/mol. The quantitative estimate of drug-likeness (QED) is 0.839. The molecule has 1 aromatic carbocycles. The van der Waals surface area contributed by atoms with Crippen molar-refractivity contribution < 1.29 is 0 Å². The molecule has 0 aliphatic heterocycles. The van der Waals surface area contributed by atoms with E-state index in [2.05, 4.69) is 44.1 Å². The topological polar surface area (TPSA) is 15.3 Å². The lowest BCUT2D eigenvalue weighted by molar-refractivity contribution is 0.309. The van der Waals surface area contributed by atoms with Crippen molar-refractivity contribution in [2.24, 2.45) is 0 Å². The van der Waals surface area contributed by atoms with Gasteiger partial charge in [-0.25, -0.2) is 0 Å². The van der Waals surface area contributed by atoms with Crippen LogP contribution in [0.5, 0.6) is 0 Å². The van der Waals surface area contributed by atoms with Crippen molar-refractivity contribution in [1.82, 2.24) is 10.2 Å². The second kappa shape index (κ2) is 7.00. The number of likely N-dealkylation sites (N-methyl/N-ethyl adjacent to an activating group) is 1. The Bertz CT molecular complexity index is 332. The Hall–Kier alpha value is -0.570. The molecule has 0 spiro atoms. The summed E-state index contributed by atoms with van der Waals surface area (Å²) in [5.74, 6) is 0. The minimum Gasteiger partial charge on any atom is -0.309 e. The third-order valence-electron chi connectivity index (χ3n) is 2.88. The summed E-state index contributed by atoms with van der Waals surface area (Å²) in [4.78, 5) is 2.31. The maximum Gasteiger partial charge on any atom is 0.0411 e. The van der Waals surface area contributed by atoms with Crippen molar-refractivity contribution in [1.29, 1.82) is 0 Å². The minimum absolute atomic E-state index is 0.485. The standard InChI is InChI=1S/C14H23ClN2/c1-5-17(4)10-12(3)16-9-13-6-11(2)7-14(15)8-13/h6-8,12,16H,5,9-10H2,1-4H3. The largest absolute Gasteiger partial charge is 0.309 e. The maximum atomic E-state index is 6.04. The molecule has 0 amide bonds. The second-order valence-electron chi connectivity index (χ2n) is 4.77. The molecule has 17 heavy (non-hydrogen) atoms. The third kappa shape index (κ3) is 5.53. The van der Waals surface area contributed by atoms with Gasteiger partial charge in [-0.15, -0.1) is 0 Å². The Morgan fingerprint density at radius 1 is 1.35 bits per heavy atom. The molecule has 0 aromatic heterocycles. The average Bonchev–Trinajstić information content (AvgIpc) is 2.25. The first-order valence-corrected chi connectivity index (χ1v) is 6.57. The van der Waals surface area contributed by atoms with Crippen LogP contribution in [0.4, 0.5) is 0 Å². The van der Waals surface area contributed by atoms with Gasteiger partial charge < -0.3 is 10.2 Å². The van der Waals surface area contributed by atoms with E-state index in [1.165, 1.54) is 11.1 Å². The number of halogens is 1. The highest BCUT2D eigenvalue weighted by molar-refractivity contribution is 6.30. The fourth-order valence-corrected chi connectivity index (χ4v) is 2.18. The highest BCUT2D eigenvalue weighted by atomic mass is 35.5. The van der Waals surface area contributed by atoms with Crippen LogP contribution in [0.2, 0.25) is 5.02 Å². The van der Waals surface area contributed by atoms with Gasteiger partial charge in [0.05, 0.1) is 0 Å². The number of nitrogens with one attached hydrogen (secondary N) is 1. The molecule has 0 aliphatic rings. The summed E-state index contributed by atoms with van der Waals surface area (Å²) < 4.78 is 0. The van der Waals surface area contributed by atoms with E-state index in [-0.39, 0.29) is 0 Å². The van der Waals surface area contributed by atoms with Gasteiger partial charge in [0.25, 0.3) is 0 Å². The molecular weight excluding hydrogens is 232 g/mol. The zero-order valence-corrected chi connectivity index (χ0v) is 12.0. The lowest BCUT2D eigenvalue weighted by atomic mass is 10.1. The van der Waals surface area contributed by atoms with Crippen LogP contribution in [-0.4, -0.2) is 31.1 Å². The lowest BCUT2D eigenvalue weighted by Gasteiger charge is -2.20. The molecule has 1 aromatic rings. The predicted molar refractivity (Wildman–Crippen MR) is 75.7 cm³/mol. The highest BCUT2D eigenvalue weighted by Gasteiger charge is 2.04. The number of hydrogen-bond acceptors (Lipinski definition) is 2. The SMILES string of the molecule is CCN(C)CC(C)NCc1cc(C)cc(Cl)c1. The molecule has 96 valence electrons. The molecule has 0 aliphatic carbocycles. The molecule has 0 saturated carbocycles. The fraction of sp³-hybridized carbons (Fsp3) is 0.571. The van der Waals surface area contributed by atoms with E-state index in [9.17, 15) is 0 Å². The van der Waals surface area contributed by atoms with E-state index in [0.717, 1.165) is 24.7 Å². The summed E-state index contributed by atoms with van der Waals surface area (Å²) in [7, 11) is 2.14. The Morgan fingerprint density at radius 3 is 2.65 bits per heavy atom. The number of benzene rings is 1. The molecule has 0 bridgehead atoms. The summed E-state index contributed by atoms with van der Waals surface area (Å²) in [5.41, 5.74) is 2.47. The molecule has 1 N–H and O–H groups in total. The van der Waals surface area contributed by atoms with Gasteiger partial charge >= 0.3 is 0 Å². The van der Waals surface area contributed by atoms with Gasteiger partial charge in [0.1, 0.15) is 0 Å². The predicted octanol–water partition coefficient (Wildman–Crippen LogP) is 3.08. The van der Waals surface area contributed by atoms with Crippen LogP contribution in [0.15, 0.2) is 18.2 Å². The van der Waals surface area contributed by atoms with Crippen molar-refractivity contribution in [2.75, 3.05) is 20.1 Å². The smallest absolute Gasteiger partial charge is 0.0411 e. The summed E-state index contributed by atoms with van der Waals surface area (Å²) in [6, 6.07) is 6.67. The highest BCUT2D eigenvalue weighted by Crippen LogP contribution is 2.14. The van der Waals surface area contributed by atoms with Crippen LogP contribution < -0.4 is 5.32 Å². The van der Waals surface area contributed by atoms with Gasteiger partial charge in [-0.2, -0.15) is 0 Å². The Labute approximate surface area is 110 Å². The number of aryl methyl sites for hydroxylation is 1. The van der Waals surface area contributed by atoms with Gasteiger partial charge in [-0.3, -0.25) is 0 Å². The van der Waals surface area contributed by atoms with Crippen LogP contribution in [0, 0.1) is 6.92 Å². The number of hydrogen-bond donors (Lipinski definition) is 1. The Morgan fingerprint density at radius 2 is 2.06 bits per heavy atom. The second-order valence-corrected chi connectivity index (χ2v) is 5.21. The van der Waals surface area contributed by atoms with Crippen LogP contribution in [0.25, 0.3) is 0 Å². The molecule has 2 nitrogen and oxygen atoms in total. The first-order valence-electron chi connectivity index (χ1n) is 6.19. The van der Waals surface area contributed by atoms with Gasteiger partial charge in [-0.05, 0) is 50.7 Å². The lowest BCUT2D eigenvalue weighted by Crippen LogP contribution is -2.36. The molecule has 0 saturated heterocycles. The van der Waals surface area contributed by atoms with E-state index >= 15 is 0 Å². The first kappa shape index (κ1) is 14.5. The van der Waals surface area contributed by atoms with Gasteiger partial charge in [-0.1, -0.05) is 24.6 Å². The van der Waals surface area contributed by atoms with Crippen molar-refractivity contribution in [2.45, 2.75) is 33.4 Å². The molecular formula is C14H23ClN2. The van der Waals surface area contributed by atoms with E-state index in [1.54, 1.807) is 0 Å². The van der Waals surface area contributed by atoms with E-state index in [0.29, 0.717) is 6.04 Å². The Kier molecular flexibility index (Phi) is 5.96. The van der Waals surface area contributed by atoms with Crippen LogP contribution in [-0.2, 0) is 6.54 Å². The molecule has 3 heteroatoms. The van der Waals surface area contributed by atoms with Crippen LogP contribution >= 0.6 is 11.6 Å². The van der Waals surface area contributed by atoms with Crippen LogP contribution in [0.3, 0.4) is 0 Å². The number of rotatable bonds is 6. The molecule has 1 atom stereocenters. The zero-order chi connectivity index (χ0) is 12.8. The molecule has 1 rings (SSSR count). The maximum absolute atomic E-state index is 6.04. The van der Waals surface area contributed by atoms with Gasteiger partial charge in [0, 0.05) is 24.2 Å². The fourth-order valence-electron chi connectivity index (χ4n) is 1.87. The summed E-state index contributed by atoms with van der Waals surface area (Å²) >= 11 is 6.04. The summed E-state index contributed by atoms with van der Waals surface area (Å²) in [6.45, 7) is 9.48. The summed E-state index contributed by atoms with van der Waals surface area (Å²) in [6.07, 6.45) is 0. The molecule has 0 heterocycles. The van der Waals surface area contributed by atoms with Crippen molar-refractivity contribution in [3.05, 3.63) is 34.3 Å². The van der Waals surface area contributed by atoms with Crippen molar-refractivity contribution in [3.63, 3.8) is 0 Å².